The Kier molecular flexibility index (Phi) is 11.9. The first-order valence-electron chi connectivity index (χ1n) is 10.8. The first kappa shape index (κ1) is 32.4. The maximum absolute atomic E-state index is 11.1. The zero-order chi connectivity index (χ0) is 25.8. The van der Waals surface area contributed by atoms with E-state index in [1.165, 1.54) is 24.3 Å². The van der Waals surface area contributed by atoms with Crippen molar-refractivity contribution in [2.75, 3.05) is 0 Å². The van der Waals surface area contributed by atoms with Gasteiger partial charge in [-0.1, -0.05) is 97.1 Å². The van der Waals surface area contributed by atoms with Gasteiger partial charge in [-0.3, -0.25) is 9.11 Å². The molecule has 4 aromatic carbocycles. The monoisotopic (exact) mass is 566 g/mol. The molecule has 0 amide bonds. The van der Waals surface area contributed by atoms with E-state index in [1.54, 1.807) is 24.3 Å². The SMILES string of the molecule is O=S(=O)(O)c1ccc(C=Cc2ccc(-c3ccc(C=Cc4ccc(S(=O)(=O)O)cc4)cc3)cc2)cc1.[H-].[H-].[Na+].[Na+]. The van der Waals surface area contributed by atoms with Crippen molar-refractivity contribution in [2.45, 2.75) is 9.79 Å². The fraction of sp³-hybridized carbons (Fsp3) is 0. The Morgan fingerprint density at radius 3 is 0.842 bits per heavy atom. The van der Waals surface area contributed by atoms with Crippen molar-refractivity contribution < 1.29 is 87.9 Å². The van der Waals surface area contributed by atoms with Gasteiger partial charge in [0.15, 0.2) is 0 Å². The zero-order valence-electron chi connectivity index (χ0n) is 22.9. The summed E-state index contributed by atoms with van der Waals surface area (Å²) in [6.07, 6.45) is 7.56. The van der Waals surface area contributed by atoms with Gasteiger partial charge in [0.2, 0.25) is 0 Å². The van der Waals surface area contributed by atoms with Gasteiger partial charge in [-0.15, -0.1) is 0 Å². The first-order valence-corrected chi connectivity index (χ1v) is 13.7. The van der Waals surface area contributed by atoms with Crippen LogP contribution in [0, 0.1) is 0 Å². The van der Waals surface area contributed by atoms with E-state index in [0.29, 0.717) is 0 Å². The van der Waals surface area contributed by atoms with Gasteiger partial charge >= 0.3 is 59.1 Å². The van der Waals surface area contributed by atoms with Crippen LogP contribution in [0.15, 0.2) is 107 Å². The second kappa shape index (κ2) is 14.0. The Balaban J connectivity index is 0.00000380. The molecule has 38 heavy (non-hydrogen) atoms. The van der Waals surface area contributed by atoms with Gasteiger partial charge < -0.3 is 2.85 Å². The minimum absolute atomic E-state index is 0. The van der Waals surface area contributed by atoms with Crippen molar-refractivity contribution in [2.24, 2.45) is 0 Å². The quantitative estimate of drug-likeness (QED) is 0.191. The average Bonchev–Trinajstić information content (AvgIpc) is 2.86. The third-order valence-corrected chi connectivity index (χ3v) is 7.18. The van der Waals surface area contributed by atoms with Gasteiger partial charge in [0.25, 0.3) is 20.2 Å². The van der Waals surface area contributed by atoms with E-state index in [9.17, 15) is 16.8 Å². The molecule has 0 aliphatic rings. The Hall–Kier alpha value is -1.82. The van der Waals surface area contributed by atoms with Crippen LogP contribution in [0.2, 0.25) is 0 Å². The Bertz CT molecular complexity index is 1510. The molecule has 10 heteroatoms. The van der Waals surface area contributed by atoms with Crippen molar-refractivity contribution >= 4 is 44.5 Å². The maximum atomic E-state index is 11.1. The van der Waals surface area contributed by atoms with E-state index < -0.39 is 20.2 Å². The van der Waals surface area contributed by atoms with Gasteiger partial charge in [0.05, 0.1) is 9.79 Å². The molecule has 0 fully saturated rings. The van der Waals surface area contributed by atoms with E-state index in [4.69, 9.17) is 9.11 Å². The van der Waals surface area contributed by atoms with E-state index >= 15 is 0 Å². The van der Waals surface area contributed by atoms with Crippen molar-refractivity contribution in [3.8, 4) is 11.1 Å². The Morgan fingerprint density at radius 1 is 0.421 bits per heavy atom. The largest absolute Gasteiger partial charge is 1.00 e. The summed E-state index contributed by atoms with van der Waals surface area (Å²) in [6.45, 7) is 0. The summed E-state index contributed by atoms with van der Waals surface area (Å²) < 4.78 is 62.6. The molecule has 0 heterocycles. The van der Waals surface area contributed by atoms with E-state index in [-0.39, 0.29) is 71.8 Å². The van der Waals surface area contributed by atoms with Crippen LogP contribution in [0.5, 0.6) is 0 Å². The van der Waals surface area contributed by atoms with E-state index in [0.717, 1.165) is 33.4 Å². The fourth-order valence-corrected chi connectivity index (χ4v) is 4.42. The predicted molar refractivity (Wildman–Crippen MR) is 144 cm³/mol. The molecule has 6 nitrogen and oxygen atoms in total. The Morgan fingerprint density at radius 2 is 0.632 bits per heavy atom. The summed E-state index contributed by atoms with van der Waals surface area (Å²) in [5, 5.41) is 0. The van der Waals surface area contributed by atoms with Crippen LogP contribution in [0.25, 0.3) is 35.4 Å². The smallest absolute Gasteiger partial charge is 1.00 e. The van der Waals surface area contributed by atoms with Crippen molar-refractivity contribution in [3.63, 3.8) is 0 Å². The van der Waals surface area contributed by atoms with Crippen LogP contribution in [-0.2, 0) is 20.2 Å². The molecule has 0 radical (unpaired) electrons. The van der Waals surface area contributed by atoms with E-state index in [1.807, 2.05) is 72.8 Å². The van der Waals surface area contributed by atoms with Crippen molar-refractivity contribution in [1.82, 2.24) is 0 Å². The molecule has 0 bridgehead atoms. The first-order chi connectivity index (χ1) is 17.1. The van der Waals surface area contributed by atoms with E-state index in [2.05, 4.69) is 0 Å². The van der Waals surface area contributed by atoms with Crippen LogP contribution in [0.1, 0.15) is 25.1 Å². The fourth-order valence-electron chi connectivity index (χ4n) is 3.46. The topological polar surface area (TPSA) is 109 Å². The summed E-state index contributed by atoms with van der Waals surface area (Å²) in [4.78, 5) is -0.278. The molecular weight excluding hydrogens is 542 g/mol. The van der Waals surface area contributed by atoms with Gasteiger partial charge in [0.1, 0.15) is 0 Å². The van der Waals surface area contributed by atoms with Crippen LogP contribution in [0.4, 0.5) is 0 Å². The predicted octanol–water partition coefficient (Wildman–Crippen LogP) is 0.421. The van der Waals surface area contributed by atoms with Gasteiger partial charge in [-0.05, 0) is 57.6 Å². The molecule has 2 N–H and O–H groups in total. The molecule has 0 unspecified atom stereocenters. The normalized spacial score (nSPS) is 11.7. The Labute approximate surface area is 270 Å². The summed E-state index contributed by atoms with van der Waals surface area (Å²) in [6, 6.07) is 27.9. The molecule has 186 valence electrons. The molecule has 0 aromatic heterocycles. The van der Waals surface area contributed by atoms with Crippen LogP contribution in [-0.4, -0.2) is 25.9 Å². The molecular formula is C28H24Na2O6S2. The number of hydrogen-bond donors (Lipinski definition) is 2. The molecule has 0 aliphatic heterocycles. The average molecular weight is 567 g/mol. The van der Waals surface area contributed by atoms with Crippen molar-refractivity contribution in [1.29, 1.82) is 0 Å². The summed E-state index contributed by atoms with van der Waals surface area (Å²) in [5.74, 6) is 0. The molecule has 4 rings (SSSR count). The van der Waals surface area contributed by atoms with Gasteiger partial charge in [-0.25, -0.2) is 0 Å². The summed E-state index contributed by atoms with van der Waals surface area (Å²) in [5.41, 5.74) is 5.70. The minimum Gasteiger partial charge on any atom is -1.00 e. The number of benzene rings is 4. The van der Waals surface area contributed by atoms with Crippen LogP contribution in [0.3, 0.4) is 0 Å². The maximum Gasteiger partial charge on any atom is 1.00 e. The summed E-state index contributed by atoms with van der Waals surface area (Å²) in [7, 11) is -8.39. The number of rotatable bonds is 7. The standard InChI is InChI=1S/C28H22O6S2.2Na.2H/c29-35(30,31)27-17-9-23(10-18-27)3-1-21-5-13-25(14-6-21)26-15-7-22(8-16-26)2-4-24-11-19-28(20-12-24)36(32,33)34;;;;/h1-20H,(H,29,30,31)(H,32,33,34);;;;/q;2*+1;2*-1. The molecule has 0 spiro atoms. The van der Waals surface area contributed by atoms with Crippen LogP contribution >= 0.6 is 0 Å². The molecule has 0 aliphatic carbocycles. The molecule has 4 aromatic rings. The third kappa shape index (κ3) is 9.14. The summed E-state index contributed by atoms with van der Waals surface area (Å²) >= 11 is 0. The number of hydrogen-bond acceptors (Lipinski definition) is 4. The zero-order valence-corrected chi connectivity index (χ0v) is 26.5. The van der Waals surface area contributed by atoms with Crippen LogP contribution < -0.4 is 59.1 Å². The molecule has 0 saturated carbocycles. The van der Waals surface area contributed by atoms with Crippen molar-refractivity contribution in [3.05, 3.63) is 119 Å². The van der Waals surface area contributed by atoms with Gasteiger partial charge in [-0.2, -0.15) is 16.8 Å². The molecule has 0 saturated heterocycles. The second-order valence-corrected chi connectivity index (χ2v) is 10.8. The molecule has 0 atom stereocenters. The minimum atomic E-state index is -4.20. The second-order valence-electron chi connectivity index (χ2n) is 8.00. The third-order valence-electron chi connectivity index (χ3n) is 5.45. The van der Waals surface area contributed by atoms with Gasteiger partial charge in [0, 0.05) is 0 Å².